The van der Waals surface area contributed by atoms with Crippen molar-refractivity contribution in [3.05, 3.63) is 0 Å². The molecule has 0 aromatic carbocycles. The van der Waals surface area contributed by atoms with E-state index in [1.165, 1.54) is 6.92 Å². The number of hydrogen-bond acceptors (Lipinski definition) is 4. The molecule has 0 saturated carbocycles. The number of nitrogens with one attached hydrogen (secondary N) is 2. The van der Waals surface area contributed by atoms with Gasteiger partial charge in [0.2, 0.25) is 17.7 Å². The minimum Gasteiger partial charge on any atom is -0.480 e. The molecular formula is C13H23N3O5. The first kappa shape index (κ1) is 18.9. The molecule has 0 spiro atoms. The Balaban J connectivity index is 3.85. The van der Waals surface area contributed by atoms with Crippen LogP contribution in [-0.2, 0) is 19.2 Å². The predicted octanol–water partition coefficient (Wildman–Crippen LogP) is -0.482. The lowest BCUT2D eigenvalue weighted by Gasteiger charge is -2.13. The summed E-state index contributed by atoms with van der Waals surface area (Å²) < 4.78 is 0. The van der Waals surface area contributed by atoms with E-state index in [4.69, 9.17) is 10.8 Å². The lowest BCUT2D eigenvalue weighted by molar-refractivity contribution is -0.142. The molecule has 5 N–H and O–H groups in total. The lowest BCUT2D eigenvalue weighted by atomic mass is 10.1. The molecule has 3 amide bonds. The van der Waals surface area contributed by atoms with E-state index >= 15 is 0 Å². The van der Waals surface area contributed by atoms with E-state index in [0.717, 1.165) is 12.8 Å². The van der Waals surface area contributed by atoms with Gasteiger partial charge in [-0.1, -0.05) is 6.42 Å². The van der Waals surface area contributed by atoms with Gasteiger partial charge in [0.15, 0.2) is 0 Å². The van der Waals surface area contributed by atoms with E-state index in [-0.39, 0.29) is 31.1 Å². The molecule has 120 valence electrons. The van der Waals surface area contributed by atoms with Crippen LogP contribution in [0.5, 0.6) is 0 Å². The van der Waals surface area contributed by atoms with E-state index < -0.39 is 17.9 Å². The smallest absolute Gasteiger partial charge is 0.326 e. The summed E-state index contributed by atoms with van der Waals surface area (Å²) in [7, 11) is 0. The van der Waals surface area contributed by atoms with Gasteiger partial charge in [-0.25, -0.2) is 4.79 Å². The normalized spacial score (nSPS) is 11.5. The Hall–Kier alpha value is -2.12. The van der Waals surface area contributed by atoms with Crippen molar-refractivity contribution >= 4 is 23.7 Å². The molecule has 0 rings (SSSR count). The number of hydrogen-bond donors (Lipinski definition) is 4. The van der Waals surface area contributed by atoms with Crippen molar-refractivity contribution < 1.29 is 24.3 Å². The Kier molecular flexibility index (Phi) is 9.57. The molecular weight excluding hydrogens is 278 g/mol. The van der Waals surface area contributed by atoms with Crippen molar-refractivity contribution in [2.75, 3.05) is 6.54 Å². The maximum Gasteiger partial charge on any atom is 0.326 e. The van der Waals surface area contributed by atoms with E-state index in [0.29, 0.717) is 13.0 Å². The van der Waals surface area contributed by atoms with Gasteiger partial charge in [-0.2, -0.15) is 0 Å². The van der Waals surface area contributed by atoms with E-state index in [2.05, 4.69) is 10.6 Å². The van der Waals surface area contributed by atoms with E-state index in [1.807, 2.05) is 0 Å². The second kappa shape index (κ2) is 10.6. The van der Waals surface area contributed by atoms with Gasteiger partial charge in [0.05, 0.1) is 0 Å². The molecule has 0 radical (unpaired) electrons. The van der Waals surface area contributed by atoms with Gasteiger partial charge in [-0.15, -0.1) is 0 Å². The Labute approximate surface area is 123 Å². The largest absolute Gasteiger partial charge is 0.480 e. The van der Waals surface area contributed by atoms with Crippen molar-refractivity contribution in [2.45, 2.75) is 51.5 Å². The molecule has 0 bridgehead atoms. The highest BCUT2D eigenvalue weighted by atomic mass is 16.4. The molecule has 8 heteroatoms. The van der Waals surface area contributed by atoms with Crippen molar-refractivity contribution in [1.82, 2.24) is 10.6 Å². The summed E-state index contributed by atoms with van der Waals surface area (Å²) in [4.78, 5) is 43.7. The highest BCUT2D eigenvalue weighted by Crippen LogP contribution is 2.02. The van der Waals surface area contributed by atoms with Crippen LogP contribution in [0.1, 0.15) is 45.4 Å². The number of aliphatic carboxylic acids is 1. The number of unbranched alkanes of at least 4 members (excludes halogenated alkanes) is 2. The first-order valence-electron chi connectivity index (χ1n) is 6.88. The highest BCUT2D eigenvalue weighted by molar-refractivity contribution is 5.84. The number of nitrogens with two attached hydrogens (primary N) is 1. The monoisotopic (exact) mass is 301 g/mol. The number of carboxylic acid groups (broad SMARTS) is 1. The molecule has 0 fully saturated rings. The van der Waals surface area contributed by atoms with Crippen LogP contribution in [0, 0.1) is 0 Å². The van der Waals surface area contributed by atoms with Crippen LogP contribution in [0.2, 0.25) is 0 Å². The van der Waals surface area contributed by atoms with Gasteiger partial charge in [0.1, 0.15) is 6.04 Å². The zero-order chi connectivity index (χ0) is 16.3. The van der Waals surface area contributed by atoms with E-state index in [9.17, 15) is 19.2 Å². The van der Waals surface area contributed by atoms with Crippen LogP contribution < -0.4 is 16.4 Å². The van der Waals surface area contributed by atoms with Crippen molar-refractivity contribution in [2.24, 2.45) is 5.73 Å². The molecule has 21 heavy (non-hydrogen) atoms. The zero-order valence-corrected chi connectivity index (χ0v) is 12.2. The Morgan fingerprint density at radius 3 is 2.29 bits per heavy atom. The minimum absolute atomic E-state index is 0.0149. The van der Waals surface area contributed by atoms with Gasteiger partial charge in [0.25, 0.3) is 0 Å². The third kappa shape index (κ3) is 11.4. The summed E-state index contributed by atoms with van der Waals surface area (Å²) in [6.45, 7) is 2.00. The zero-order valence-electron chi connectivity index (χ0n) is 12.2. The van der Waals surface area contributed by atoms with Gasteiger partial charge in [-0.05, 0) is 19.3 Å². The van der Waals surface area contributed by atoms with Crippen LogP contribution in [-0.4, -0.2) is 41.4 Å². The van der Waals surface area contributed by atoms with Gasteiger partial charge in [-0.3, -0.25) is 14.4 Å². The molecule has 8 nitrogen and oxygen atoms in total. The molecule has 0 saturated heterocycles. The van der Waals surface area contributed by atoms with Gasteiger partial charge >= 0.3 is 5.97 Å². The van der Waals surface area contributed by atoms with Crippen LogP contribution in [0.15, 0.2) is 0 Å². The average Bonchev–Trinajstić information content (AvgIpc) is 2.37. The Bertz CT molecular complexity index is 384. The number of rotatable bonds is 11. The van der Waals surface area contributed by atoms with Crippen LogP contribution in [0.3, 0.4) is 0 Å². The molecule has 0 aromatic rings. The maximum atomic E-state index is 11.6. The fourth-order valence-electron chi connectivity index (χ4n) is 1.66. The molecule has 0 aliphatic heterocycles. The third-order valence-electron chi connectivity index (χ3n) is 2.77. The quantitative estimate of drug-likeness (QED) is 0.382. The minimum atomic E-state index is -1.18. The maximum absolute atomic E-state index is 11.6. The van der Waals surface area contributed by atoms with Crippen LogP contribution >= 0.6 is 0 Å². The Morgan fingerprint density at radius 1 is 1.10 bits per heavy atom. The summed E-state index contributed by atoms with van der Waals surface area (Å²) in [6.07, 6.45) is 2.23. The second-order valence-electron chi connectivity index (χ2n) is 4.76. The predicted molar refractivity (Wildman–Crippen MR) is 75.1 cm³/mol. The average molecular weight is 301 g/mol. The lowest BCUT2D eigenvalue weighted by Crippen LogP contribution is -2.41. The third-order valence-corrected chi connectivity index (χ3v) is 2.77. The first-order chi connectivity index (χ1) is 9.82. The summed E-state index contributed by atoms with van der Waals surface area (Å²) in [5, 5.41) is 13.9. The number of carbonyl (C=O) groups excluding carboxylic acids is 3. The van der Waals surface area contributed by atoms with Crippen molar-refractivity contribution in [3.63, 3.8) is 0 Å². The van der Waals surface area contributed by atoms with Crippen LogP contribution in [0.4, 0.5) is 0 Å². The van der Waals surface area contributed by atoms with Crippen molar-refractivity contribution in [3.8, 4) is 0 Å². The number of carbonyl (C=O) groups is 4. The summed E-state index contributed by atoms with van der Waals surface area (Å²) in [5.41, 5.74) is 4.95. The standard InChI is InChI=1S/C13H23N3O5/c1-9(17)15-8-4-2-3-5-12(19)16-10(13(20)21)6-7-11(14)18/h10H,2-8H2,1H3,(H2,14,18)(H,15,17)(H,16,19)(H,20,21)/t10-/m1/s1. The SMILES string of the molecule is CC(=O)NCCCCCC(=O)N[C@H](CCC(N)=O)C(=O)O. The molecule has 0 unspecified atom stereocenters. The molecule has 0 aliphatic carbocycles. The second-order valence-corrected chi connectivity index (χ2v) is 4.76. The van der Waals surface area contributed by atoms with Crippen molar-refractivity contribution in [1.29, 1.82) is 0 Å². The van der Waals surface area contributed by atoms with Crippen LogP contribution in [0.25, 0.3) is 0 Å². The molecule has 0 aliphatic rings. The number of amides is 3. The highest BCUT2D eigenvalue weighted by Gasteiger charge is 2.20. The van der Waals surface area contributed by atoms with E-state index in [1.54, 1.807) is 0 Å². The van der Waals surface area contributed by atoms with Gasteiger partial charge in [0, 0.05) is 26.3 Å². The Morgan fingerprint density at radius 2 is 1.76 bits per heavy atom. The fraction of sp³-hybridized carbons (Fsp3) is 0.692. The molecule has 1 atom stereocenters. The van der Waals surface area contributed by atoms with Gasteiger partial charge < -0.3 is 21.5 Å². The summed E-state index contributed by atoms with van der Waals surface area (Å²) in [5.74, 6) is -2.25. The number of carboxylic acids is 1. The topological polar surface area (TPSA) is 139 Å². The number of primary amides is 1. The molecule has 0 aromatic heterocycles. The molecule has 0 heterocycles. The summed E-state index contributed by atoms with van der Waals surface area (Å²) in [6, 6.07) is -1.09. The fourth-order valence-corrected chi connectivity index (χ4v) is 1.66. The summed E-state index contributed by atoms with van der Waals surface area (Å²) >= 11 is 0. The first-order valence-corrected chi connectivity index (χ1v) is 6.88.